The topological polar surface area (TPSA) is 43.9 Å². The summed E-state index contributed by atoms with van der Waals surface area (Å²) in [6, 6.07) is 8.06. The van der Waals surface area contributed by atoms with Crippen LogP contribution >= 0.6 is 27.7 Å². The molecule has 5 nitrogen and oxygen atoms in total. The number of amides is 2. The number of piperazine rings is 1. The molecule has 2 amide bonds. The molecule has 0 aromatic heterocycles. The Balaban J connectivity index is 1.43. The molecule has 2 aliphatic rings. The second-order valence-electron chi connectivity index (χ2n) is 7.26. The van der Waals surface area contributed by atoms with Gasteiger partial charge in [-0.15, -0.1) is 11.8 Å². The lowest BCUT2D eigenvalue weighted by atomic mass is 10.1. The van der Waals surface area contributed by atoms with Crippen LogP contribution in [0.15, 0.2) is 33.6 Å². The maximum Gasteiger partial charge on any atom is 0.236 e. The van der Waals surface area contributed by atoms with Crippen molar-refractivity contribution >= 4 is 39.5 Å². The number of thioether (sulfide) groups is 1. The molecule has 148 valence electrons. The van der Waals surface area contributed by atoms with Gasteiger partial charge in [-0.05, 0) is 50.5 Å². The molecule has 1 aromatic carbocycles. The lowest BCUT2D eigenvalue weighted by Gasteiger charge is -2.36. The third-order valence-corrected chi connectivity index (χ3v) is 6.85. The Labute approximate surface area is 174 Å². The molecule has 27 heavy (non-hydrogen) atoms. The van der Waals surface area contributed by atoms with E-state index < -0.39 is 0 Å². The summed E-state index contributed by atoms with van der Waals surface area (Å²) in [5.74, 6) is 0.429. The van der Waals surface area contributed by atoms with Crippen LogP contribution in [0.2, 0.25) is 0 Å². The molecule has 0 spiro atoms. The van der Waals surface area contributed by atoms with Crippen molar-refractivity contribution in [2.45, 2.75) is 36.3 Å². The molecule has 1 atom stereocenters. The number of carbonyl (C=O) groups is 2. The van der Waals surface area contributed by atoms with E-state index >= 15 is 0 Å². The van der Waals surface area contributed by atoms with E-state index in [-0.39, 0.29) is 17.1 Å². The predicted octanol–water partition coefficient (Wildman–Crippen LogP) is 3.09. The summed E-state index contributed by atoms with van der Waals surface area (Å²) < 4.78 is 1.04. The lowest BCUT2D eigenvalue weighted by Crippen LogP contribution is -2.53. The fourth-order valence-electron chi connectivity index (χ4n) is 3.59. The van der Waals surface area contributed by atoms with Crippen molar-refractivity contribution in [3.63, 3.8) is 0 Å². The zero-order chi connectivity index (χ0) is 19.2. The fourth-order valence-corrected chi connectivity index (χ4v) is 4.80. The Hall–Kier alpha value is -1.05. The molecule has 1 unspecified atom stereocenters. The molecular formula is C20H28BrN3O2S. The van der Waals surface area contributed by atoms with E-state index in [1.54, 1.807) is 11.8 Å². The van der Waals surface area contributed by atoms with Gasteiger partial charge in [0.25, 0.3) is 0 Å². The van der Waals surface area contributed by atoms with Gasteiger partial charge in [0.15, 0.2) is 0 Å². The average molecular weight is 454 g/mol. The normalized spacial score (nSPS) is 19.8. The van der Waals surface area contributed by atoms with Gasteiger partial charge in [-0.2, -0.15) is 0 Å². The van der Waals surface area contributed by atoms with Crippen LogP contribution in [0.25, 0.3) is 0 Å². The van der Waals surface area contributed by atoms with E-state index in [1.807, 2.05) is 41.0 Å². The first-order chi connectivity index (χ1) is 13.0. The highest BCUT2D eigenvalue weighted by atomic mass is 79.9. The van der Waals surface area contributed by atoms with Gasteiger partial charge in [-0.3, -0.25) is 14.5 Å². The van der Waals surface area contributed by atoms with Crippen LogP contribution < -0.4 is 0 Å². The largest absolute Gasteiger partial charge is 0.342 e. The quantitative estimate of drug-likeness (QED) is 0.642. The SMILES string of the molecule is CC(Sc1ccc(Br)cc1)C(=O)N1CCN(CC(=O)N2CCCCC2)CC1. The highest BCUT2D eigenvalue weighted by Gasteiger charge is 2.27. The minimum Gasteiger partial charge on any atom is -0.342 e. The predicted molar refractivity (Wildman–Crippen MR) is 113 cm³/mol. The number of nitrogens with zero attached hydrogens (tertiary/aromatic N) is 3. The van der Waals surface area contributed by atoms with E-state index in [9.17, 15) is 9.59 Å². The first-order valence-electron chi connectivity index (χ1n) is 9.74. The molecule has 0 N–H and O–H groups in total. The summed E-state index contributed by atoms with van der Waals surface area (Å²) in [5.41, 5.74) is 0. The third-order valence-electron chi connectivity index (χ3n) is 5.23. The molecule has 3 rings (SSSR count). The highest BCUT2D eigenvalue weighted by molar-refractivity contribution is 9.10. The minimum atomic E-state index is -0.104. The van der Waals surface area contributed by atoms with E-state index in [0.29, 0.717) is 19.6 Å². The van der Waals surface area contributed by atoms with Gasteiger partial charge in [-0.25, -0.2) is 0 Å². The summed E-state index contributed by atoms with van der Waals surface area (Å²) in [4.78, 5) is 32.4. The number of rotatable bonds is 5. The first kappa shape index (κ1) is 20.7. The zero-order valence-electron chi connectivity index (χ0n) is 15.9. The second kappa shape index (κ2) is 9.94. The van der Waals surface area contributed by atoms with Crippen LogP contribution in [-0.2, 0) is 9.59 Å². The van der Waals surface area contributed by atoms with Crippen LogP contribution in [0, 0.1) is 0 Å². The Morgan fingerprint density at radius 3 is 2.22 bits per heavy atom. The number of hydrogen-bond donors (Lipinski definition) is 0. The van der Waals surface area contributed by atoms with Crippen LogP contribution in [0.5, 0.6) is 0 Å². The van der Waals surface area contributed by atoms with E-state index in [1.165, 1.54) is 6.42 Å². The number of benzene rings is 1. The molecule has 0 bridgehead atoms. The average Bonchev–Trinajstić information content (AvgIpc) is 2.70. The maximum atomic E-state index is 12.7. The fraction of sp³-hybridized carbons (Fsp3) is 0.600. The first-order valence-corrected chi connectivity index (χ1v) is 11.4. The molecule has 2 aliphatic heterocycles. The Morgan fingerprint density at radius 2 is 1.59 bits per heavy atom. The highest BCUT2D eigenvalue weighted by Crippen LogP contribution is 2.26. The summed E-state index contributed by atoms with van der Waals surface area (Å²) >= 11 is 5.03. The Morgan fingerprint density at radius 1 is 0.963 bits per heavy atom. The molecule has 0 aliphatic carbocycles. The van der Waals surface area contributed by atoms with Gasteiger partial charge < -0.3 is 9.80 Å². The number of likely N-dealkylation sites (tertiary alicyclic amines) is 1. The van der Waals surface area contributed by atoms with Gasteiger partial charge in [-0.1, -0.05) is 15.9 Å². The standard InChI is InChI=1S/C20H28BrN3O2S/c1-16(27-18-7-5-17(21)6-8-18)20(26)24-13-11-22(12-14-24)15-19(25)23-9-3-2-4-10-23/h5-8,16H,2-4,9-15H2,1H3. The van der Waals surface area contributed by atoms with Gasteiger partial charge in [0.1, 0.15) is 0 Å². The van der Waals surface area contributed by atoms with Crippen molar-refractivity contribution in [1.82, 2.24) is 14.7 Å². The molecule has 1 aromatic rings. The zero-order valence-corrected chi connectivity index (χ0v) is 18.3. The monoisotopic (exact) mass is 453 g/mol. The van der Waals surface area contributed by atoms with E-state index in [2.05, 4.69) is 20.8 Å². The lowest BCUT2D eigenvalue weighted by molar-refractivity contribution is -0.135. The molecule has 7 heteroatoms. The van der Waals surface area contributed by atoms with Crippen LogP contribution in [0.3, 0.4) is 0 Å². The summed E-state index contributed by atoms with van der Waals surface area (Å²) in [5, 5.41) is -0.104. The maximum absolute atomic E-state index is 12.7. The van der Waals surface area contributed by atoms with Crippen molar-refractivity contribution in [3.05, 3.63) is 28.7 Å². The molecule has 2 heterocycles. The Bertz CT molecular complexity index is 641. The molecular weight excluding hydrogens is 426 g/mol. The van der Waals surface area contributed by atoms with E-state index in [0.717, 1.165) is 48.4 Å². The van der Waals surface area contributed by atoms with Gasteiger partial charge in [0.2, 0.25) is 11.8 Å². The van der Waals surface area contributed by atoms with Gasteiger partial charge >= 0.3 is 0 Å². The summed E-state index contributed by atoms with van der Waals surface area (Å²) in [6.07, 6.45) is 3.49. The smallest absolute Gasteiger partial charge is 0.236 e. The Kier molecular flexibility index (Phi) is 7.61. The number of halogens is 1. The van der Waals surface area contributed by atoms with Crippen molar-refractivity contribution in [1.29, 1.82) is 0 Å². The van der Waals surface area contributed by atoms with E-state index in [4.69, 9.17) is 0 Å². The summed E-state index contributed by atoms with van der Waals surface area (Å²) in [7, 11) is 0. The van der Waals surface area contributed by atoms with Crippen LogP contribution in [-0.4, -0.2) is 77.6 Å². The van der Waals surface area contributed by atoms with Crippen molar-refractivity contribution in [3.8, 4) is 0 Å². The van der Waals surface area contributed by atoms with Crippen molar-refractivity contribution < 1.29 is 9.59 Å². The minimum absolute atomic E-state index is 0.104. The molecule has 0 radical (unpaired) electrons. The third kappa shape index (κ3) is 5.96. The number of piperidine rings is 1. The number of carbonyl (C=O) groups excluding carboxylic acids is 2. The molecule has 2 fully saturated rings. The van der Waals surface area contributed by atoms with Crippen LogP contribution in [0.1, 0.15) is 26.2 Å². The van der Waals surface area contributed by atoms with Gasteiger partial charge in [0, 0.05) is 48.6 Å². The van der Waals surface area contributed by atoms with Crippen molar-refractivity contribution in [2.75, 3.05) is 45.8 Å². The van der Waals surface area contributed by atoms with Crippen LogP contribution in [0.4, 0.5) is 0 Å². The van der Waals surface area contributed by atoms with Crippen molar-refractivity contribution in [2.24, 2.45) is 0 Å². The second-order valence-corrected chi connectivity index (χ2v) is 9.59. The van der Waals surface area contributed by atoms with Gasteiger partial charge in [0.05, 0.1) is 11.8 Å². The molecule has 0 saturated carbocycles. The summed E-state index contributed by atoms with van der Waals surface area (Å²) in [6.45, 7) is 7.24. The number of hydrogen-bond acceptors (Lipinski definition) is 4. The molecule has 2 saturated heterocycles.